The number of furan rings is 1. The summed E-state index contributed by atoms with van der Waals surface area (Å²) >= 11 is 5.93. The summed E-state index contributed by atoms with van der Waals surface area (Å²) in [6.45, 7) is 2.50. The summed E-state index contributed by atoms with van der Waals surface area (Å²) in [5.41, 5.74) is 8.87. The standard InChI is InChI=1S/C18H17ClN4O/c19-14-3-1-12(2-4-14)17-6-5-15(24-17)11-23-8-7-16-13(10-23)9-21-18(20)22-16/h1-6,9H,7-8,10-11H2,(H2,20,21,22). The molecule has 2 aromatic heterocycles. The number of rotatable bonds is 3. The Balaban J connectivity index is 1.47. The number of halogens is 1. The van der Waals surface area contributed by atoms with Gasteiger partial charge in [0.2, 0.25) is 5.95 Å². The van der Waals surface area contributed by atoms with Gasteiger partial charge in [-0.2, -0.15) is 0 Å². The van der Waals surface area contributed by atoms with Gasteiger partial charge in [-0.25, -0.2) is 9.97 Å². The highest BCUT2D eigenvalue weighted by molar-refractivity contribution is 6.30. The Morgan fingerprint density at radius 3 is 2.83 bits per heavy atom. The fourth-order valence-corrected chi connectivity index (χ4v) is 3.10. The number of hydrogen-bond acceptors (Lipinski definition) is 5. The highest BCUT2D eigenvalue weighted by atomic mass is 35.5. The molecule has 4 rings (SSSR count). The molecule has 0 saturated carbocycles. The van der Waals surface area contributed by atoms with Gasteiger partial charge in [-0.15, -0.1) is 0 Å². The normalized spacial score (nSPS) is 14.5. The van der Waals surface area contributed by atoms with Gasteiger partial charge in [0, 0.05) is 41.9 Å². The number of aromatic nitrogens is 2. The van der Waals surface area contributed by atoms with Crippen molar-refractivity contribution in [2.45, 2.75) is 19.5 Å². The van der Waals surface area contributed by atoms with E-state index in [1.54, 1.807) is 0 Å². The predicted octanol–water partition coefficient (Wildman–Crippen LogP) is 3.53. The van der Waals surface area contributed by atoms with Crippen LogP contribution >= 0.6 is 11.6 Å². The Morgan fingerprint density at radius 1 is 1.17 bits per heavy atom. The lowest BCUT2D eigenvalue weighted by molar-refractivity contribution is 0.224. The lowest BCUT2D eigenvalue weighted by Gasteiger charge is -2.26. The number of benzene rings is 1. The van der Waals surface area contributed by atoms with Crippen LogP contribution in [0.5, 0.6) is 0 Å². The third-order valence-electron chi connectivity index (χ3n) is 4.20. The van der Waals surface area contributed by atoms with Crippen molar-refractivity contribution in [1.29, 1.82) is 0 Å². The molecule has 0 saturated heterocycles. The first-order chi connectivity index (χ1) is 11.7. The first-order valence-electron chi connectivity index (χ1n) is 7.84. The Hall–Kier alpha value is -2.37. The van der Waals surface area contributed by atoms with E-state index in [0.717, 1.165) is 59.4 Å². The second kappa shape index (κ2) is 6.26. The first kappa shape index (κ1) is 15.2. The van der Waals surface area contributed by atoms with Gasteiger partial charge in [0.15, 0.2) is 0 Å². The van der Waals surface area contributed by atoms with Crippen LogP contribution in [0, 0.1) is 0 Å². The Labute approximate surface area is 145 Å². The van der Waals surface area contributed by atoms with Gasteiger partial charge in [0.25, 0.3) is 0 Å². The fraction of sp³-hybridized carbons (Fsp3) is 0.222. The van der Waals surface area contributed by atoms with Crippen molar-refractivity contribution in [1.82, 2.24) is 14.9 Å². The SMILES string of the molecule is Nc1ncc2c(n1)CCN(Cc1ccc(-c3ccc(Cl)cc3)o1)C2. The average molecular weight is 341 g/mol. The third-order valence-corrected chi connectivity index (χ3v) is 4.45. The number of anilines is 1. The van der Waals surface area contributed by atoms with E-state index in [1.807, 2.05) is 42.6 Å². The molecule has 5 nitrogen and oxygen atoms in total. The number of nitrogen functional groups attached to an aromatic ring is 1. The molecule has 6 heteroatoms. The van der Waals surface area contributed by atoms with Gasteiger partial charge >= 0.3 is 0 Å². The first-order valence-corrected chi connectivity index (χ1v) is 8.22. The fourth-order valence-electron chi connectivity index (χ4n) is 2.98. The van der Waals surface area contributed by atoms with E-state index in [9.17, 15) is 0 Å². The Bertz CT molecular complexity index is 860. The lowest BCUT2D eigenvalue weighted by Crippen LogP contribution is -2.30. The zero-order valence-electron chi connectivity index (χ0n) is 13.1. The number of hydrogen-bond donors (Lipinski definition) is 1. The molecule has 0 radical (unpaired) electrons. The largest absolute Gasteiger partial charge is 0.460 e. The van der Waals surface area contributed by atoms with Gasteiger partial charge in [-0.3, -0.25) is 4.90 Å². The molecule has 0 fully saturated rings. The second-order valence-corrected chi connectivity index (χ2v) is 6.37. The molecule has 2 N–H and O–H groups in total. The summed E-state index contributed by atoms with van der Waals surface area (Å²) in [7, 11) is 0. The van der Waals surface area contributed by atoms with Crippen molar-refractivity contribution in [2.24, 2.45) is 0 Å². The van der Waals surface area contributed by atoms with Gasteiger partial charge in [0.1, 0.15) is 11.5 Å². The van der Waals surface area contributed by atoms with Crippen LogP contribution in [0.25, 0.3) is 11.3 Å². The van der Waals surface area contributed by atoms with E-state index in [-0.39, 0.29) is 0 Å². The van der Waals surface area contributed by atoms with Crippen molar-refractivity contribution in [3.05, 3.63) is 64.6 Å². The van der Waals surface area contributed by atoms with Crippen molar-refractivity contribution in [3.8, 4) is 11.3 Å². The molecule has 0 aliphatic carbocycles. The highest BCUT2D eigenvalue weighted by Gasteiger charge is 2.19. The topological polar surface area (TPSA) is 68.2 Å². The maximum Gasteiger partial charge on any atom is 0.220 e. The van der Waals surface area contributed by atoms with Gasteiger partial charge in [-0.1, -0.05) is 11.6 Å². The molecular formula is C18H17ClN4O. The van der Waals surface area contributed by atoms with Crippen molar-refractivity contribution >= 4 is 17.5 Å². The second-order valence-electron chi connectivity index (χ2n) is 5.93. The van der Waals surface area contributed by atoms with E-state index in [0.29, 0.717) is 5.95 Å². The quantitative estimate of drug-likeness (QED) is 0.790. The summed E-state index contributed by atoms with van der Waals surface area (Å²) in [4.78, 5) is 10.7. The third kappa shape index (κ3) is 3.13. The van der Waals surface area contributed by atoms with Crippen LogP contribution in [0.15, 0.2) is 47.0 Å². The highest BCUT2D eigenvalue weighted by Crippen LogP contribution is 2.25. The molecule has 3 heterocycles. The molecule has 0 spiro atoms. The zero-order chi connectivity index (χ0) is 16.5. The molecule has 0 bridgehead atoms. The van der Waals surface area contributed by atoms with Crippen LogP contribution in [0.4, 0.5) is 5.95 Å². The Morgan fingerprint density at radius 2 is 2.00 bits per heavy atom. The smallest absolute Gasteiger partial charge is 0.220 e. The van der Waals surface area contributed by atoms with Crippen molar-refractivity contribution < 1.29 is 4.42 Å². The minimum absolute atomic E-state index is 0.348. The average Bonchev–Trinajstić information content (AvgIpc) is 3.04. The summed E-state index contributed by atoms with van der Waals surface area (Å²) in [5, 5.41) is 0.723. The molecule has 3 aromatic rings. The minimum Gasteiger partial charge on any atom is -0.460 e. The summed E-state index contributed by atoms with van der Waals surface area (Å²) in [6.07, 6.45) is 2.71. The summed E-state index contributed by atoms with van der Waals surface area (Å²) < 4.78 is 5.98. The monoisotopic (exact) mass is 340 g/mol. The number of nitrogens with two attached hydrogens (primary N) is 1. The molecule has 1 aliphatic rings. The van der Waals surface area contributed by atoms with Gasteiger partial charge in [-0.05, 0) is 36.4 Å². The van der Waals surface area contributed by atoms with Crippen LogP contribution < -0.4 is 5.73 Å². The Kier molecular flexibility index (Phi) is 3.96. The van der Waals surface area contributed by atoms with E-state index < -0.39 is 0 Å². The lowest BCUT2D eigenvalue weighted by atomic mass is 10.1. The molecular weight excluding hydrogens is 324 g/mol. The van der Waals surface area contributed by atoms with Gasteiger partial charge < -0.3 is 10.2 Å². The molecule has 0 unspecified atom stereocenters. The predicted molar refractivity (Wildman–Crippen MR) is 93.4 cm³/mol. The molecule has 122 valence electrons. The molecule has 0 atom stereocenters. The van der Waals surface area contributed by atoms with Crippen LogP contribution in [0.2, 0.25) is 5.02 Å². The van der Waals surface area contributed by atoms with Crippen molar-refractivity contribution in [2.75, 3.05) is 12.3 Å². The van der Waals surface area contributed by atoms with Crippen molar-refractivity contribution in [3.63, 3.8) is 0 Å². The van der Waals surface area contributed by atoms with Crippen LogP contribution in [-0.4, -0.2) is 21.4 Å². The molecule has 24 heavy (non-hydrogen) atoms. The van der Waals surface area contributed by atoms with Crippen LogP contribution in [0.3, 0.4) is 0 Å². The molecule has 0 amide bonds. The van der Waals surface area contributed by atoms with E-state index in [2.05, 4.69) is 14.9 Å². The zero-order valence-corrected chi connectivity index (χ0v) is 13.8. The maximum atomic E-state index is 5.98. The summed E-state index contributed by atoms with van der Waals surface area (Å²) in [6, 6.07) is 11.7. The van der Waals surface area contributed by atoms with Crippen LogP contribution in [0.1, 0.15) is 17.0 Å². The van der Waals surface area contributed by atoms with E-state index >= 15 is 0 Å². The van der Waals surface area contributed by atoms with E-state index in [4.69, 9.17) is 21.8 Å². The summed E-state index contributed by atoms with van der Waals surface area (Å²) in [5.74, 6) is 2.15. The minimum atomic E-state index is 0.348. The molecule has 1 aromatic carbocycles. The number of nitrogens with zero attached hydrogens (tertiary/aromatic N) is 3. The maximum absolute atomic E-state index is 5.98. The molecule has 1 aliphatic heterocycles. The van der Waals surface area contributed by atoms with E-state index in [1.165, 1.54) is 0 Å². The number of fused-ring (bicyclic) bond motifs is 1. The van der Waals surface area contributed by atoms with Crippen LogP contribution in [-0.2, 0) is 19.5 Å². The van der Waals surface area contributed by atoms with Gasteiger partial charge in [0.05, 0.1) is 12.2 Å².